The number of amides is 2. The number of urea groups is 1. The van der Waals surface area contributed by atoms with Crippen LogP contribution in [0.4, 0.5) is 18.0 Å². The molecule has 3 N–H and O–H groups in total. The number of carbonyl (C=O) groups excluding carboxylic acids is 1. The molecule has 0 rings (SSSR count). The SMILES string of the molecule is CC(C)C[C@@H](NC(=O)NCCCC(F)(F)F)C(=O)O. The van der Waals surface area contributed by atoms with Gasteiger partial charge in [0.15, 0.2) is 0 Å². The third-order valence-corrected chi connectivity index (χ3v) is 2.23. The summed E-state index contributed by atoms with van der Waals surface area (Å²) < 4.78 is 35.5. The van der Waals surface area contributed by atoms with Crippen molar-refractivity contribution in [1.29, 1.82) is 0 Å². The van der Waals surface area contributed by atoms with Crippen molar-refractivity contribution in [2.45, 2.75) is 45.3 Å². The molecule has 0 radical (unpaired) electrons. The van der Waals surface area contributed by atoms with Crippen LogP contribution in [0.3, 0.4) is 0 Å². The summed E-state index contributed by atoms with van der Waals surface area (Å²) in [4.78, 5) is 22.1. The Kier molecular flexibility index (Phi) is 7.25. The first-order valence-corrected chi connectivity index (χ1v) is 5.95. The van der Waals surface area contributed by atoms with Gasteiger partial charge in [0, 0.05) is 13.0 Å². The smallest absolute Gasteiger partial charge is 0.389 e. The van der Waals surface area contributed by atoms with Gasteiger partial charge in [-0.05, 0) is 18.8 Å². The predicted molar refractivity (Wildman–Crippen MR) is 62.7 cm³/mol. The van der Waals surface area contributed by atoms with E-state index in [1.54, 1.807) is 13.8 Å². The fourth-order valence-corrected chi connectivity index (χ4v) is 1.39. The van der Waals surface area contributed by atoms with Crippen molar-refractivity contribution in [1.82, 2.24) is 10.6 Å². The number of carboxylic acids is 1. The molecule has 8 heteroatoms. The molecule has 2 amide bonds. The van der Waals surface area contributed by atoms with Gasteiger partial charge in [-0.15, -0.1) is 0 Å². The highest BCUT2D eigenvalue weighted by atomic mass is 19.4. The average Bonchev–Trinajstić information content (AvgIpc) is 2.21. The molecule has 0 unspecified atom stereocenters. The van der Waals surface area contributed by atoms with Crippen molar-refractivity contribution < 1.29 is 27.9 Å². The van der Waals surface area contributed by atoms with Crippen LogP contribution in [0.5, 0.6) is 0 Å². The van der Waals surface area contributed by atoms with Crippen LogP contribution in [-0.2, 0) is 4.79 Å². The highest BCUT2D eigenvalue weighted by molar-refractivity contribution is 5.82. The summed E-state index contributed by atoms with van der Waals surface area (Å²) in [7, 11) is 0. The molecule has 112 valence electrons. The van der Waals surface area contributed by atoms with Gasteiger partial charge in [-0.2, -0.15) is 13.2 Å². The van der Waals surface area contributed by atoms with E-state index in [1.807, 2.05) is 0 Å². The number of halogens is 3. The lowest BCUT2D eigenvalue weighted by Gasteiger charge is -2.17. The lowest BCUT2D eigenvalue weighted by Crippen LogP contribution is -2.46. The quantitative estimate of drug-likeness (QED) is 0.627. The van der Waals surface area contributed by atoms with Crippen molar-refractivity contribution >= 4 is 12.0 Å². The van der Waals surface area contributed by atoms with E-state index in [2.05, 4.69) is 10.6 Å². The van der Waals surface area contributed by atoms with Crippen LogP contribution in [0.2, 0.25) is 0 Å². The Morgan fingerprint density at radius 2 is 1.84 bits per heavy atom. The number of hydrogen-bond acceptors (Lipinski definition) is 2. The van der Waals surface area contributed by atoms with Crippen LogP contribution < -0.4 is 10.6 Å². The number of carboxylic acid groups (broad SMARTS) is 1. The van der Waals surface area contributed by atoms with E-state index in [9.17, 15) is 22.8 Å². The van der Waals surface area contributed by atoms with Crippen LogP contribution >= 0.6 is 0 Å². The summed E-state index contributed by atoms with van der Waals surface area (Å²) in [5.74, 6) is -1.09. The Morgan fingerprint density at radius 3 is 2.26 bits per heavy atom. The van der Waals surface area contributed by atoms with E-state index in [4.69, 9.17) is 5.11 Å². The first-order chi connectivity index (χ1) is 8.61. The maximum atomic E-state index is 11.8. The Balaban J connectivity index is 3.97. The average molecular weight is 284 g/mol. The lowest BCUT2D eigenvalue weighted by molar-refractivity contribution is -0.139. The molecule has 0 aliphatic heterocycles. The van der Waals surface area contributed by atoms with Crippen molar-refractivity contribution in [2.75, 3.05) is 6.54 Å². The van der Waals surface area contributed by atoms with Crippen molar-refractivity contribution in [2.24, 2.45) is 5.92 Å². The fraction of sp³-hybridized carbons (Fsp3) is 0.818. The monoisotopic (exact) mass is 284 g/mol. The first kappa shape index (κ1) is 17.5. The number of carbonyl (C=O) groups is 2. The van der Waals surface area contributed by atoms with Crippen LogP contribution in [0.15, 0.2) is 0 Å². The Bertz CT molecular complexity index is 306. The van der Waals surface area contributed by atoms with Gasteiger partial charge >= 0.3 is 18.2 Å². The molecule has 0 heterocycles. The normalized spacial score (nSPS) is 13.2. The second kappa shape index (κ2) is 7.85. The topological polar surface area (TPSA) is 78.4 Å². The van der Waals surface area contributed by atoms with Gasteiger partial charge < -0.3 is 15.7 Å². The van der Waals surface area contributed by atoms with Gasteiger partial charge in [0.25, 0.3) is 0 Å². The highest BCUT2D eigenvalue weighted by Gasteiger charge is 2.26. The minimum Gasteiger partial charge on any atom is -0.480 e. The van der Waals surface area contributed by atoms with Crippen LogP contribution in [-0.4, -0.2) is 35.9 Å². The molecule has 5 nitrogen and oxygen atoms in total. The number of rotatable bonds is 7. The van der Waals surface area contributed by atoms with Gasteiger partial charge in [0.05, 0.1) is 0 Å². The second-order valence-corrected chi connectivity index (χ2v) is 4.64. The zero-order valence-electron chi connectivity index (χ0n) is 10.9. The minimum atomic E-state index is -4.25. The summed E-state index contributed by atoms with van der Waals surface area (Å²) in [6, 6.07) is -1.81. The van der Waals surface area contributed by atoms with E-state index in [0.29, 0.717) is 0 Å². The number of nitrogens with one attached hydrogen (secondary N) is 2. The second-order valence-electron chi connectivity index (χ2n) is 4.64. The molecule has 0 bridgehead atoms. The number of hydrogen-bond donors (Lipinski definition) is 3. The van der Waals surface area contributed by atoms with E-state index in [1.165, 1.54) is 0 Å². The van der Waals surface area contributed by atoms with Crippen molar-refractivity contribution in [3.63, 3.8) is 0 Å². The molecule has 19 heavy (non-hydrogen) atoms. The van der Waals surface area contributed by atoms with Crippen molar-refractivity contribution in [3.05, 3.63) is 0 Å². The Labute approximate surface area is 109 Å². The standard InChI is InChI=1S/C11H19F3N2O3/c1-7(2)6-8(9(17)18)16-10(19)15-5-3-4-11(12,13)14/h7-8H,3-6H2,1-2H3,(H,17,18)(H2,15,16,19)/t8-/m1/s1. The molecule has 0 fully saturated rings. The van der Waals surface area contributed by atoms with Gasteiger partial charge in [-0.25, -0.2) is 9.59 Å². The molecule has 0 aliphatic carbocycles. The molecule has 0 saturated carbocycles. The molecule has 1 atom stereocenters. The Hall–Kier alpha value is -1.47. The summed E-state index contributed by atoms with van der Waals surface area (Å²) in [6.07, 6.45) is -5.22. The molecule has 0 aromatic carbocycles. The van der Waals surface area contributed by atoms with E-state index < -0.39 is 30.6 Å². The first-order valence-electron chi connectivity index (χ1n) is 5.95. The highest BCUT2D eigenvalue weighted by Crippen LogP contribution is 2.20. The van der Waals surface area contributed by atoms with Gasteiger partial charge in [-0.1, -0.05) is 13.8 Å². The molecular formula is C11H19F3N2O3. The lowest BCUT2D eigenvalue weighted by atomic mass is 10.0. The van der Waals surface area contributed by atoms with Crippen LogP contribution in [0, 0.1) is 5.92 Å². The predicted octanol–water partition coefficient (Wildman–Crippen LogP) is 2.13. The summed E-state index contributed by atoms with van der Waals surface area (Å²) in [5.41, 5.74) is 0. The third-order valence-electron chi connectivity index (χ3n) is 2.23. The Morgan fingerprint density at radius 1 is 1.26 bits per heavy atom. The summed E-state index contributed by atoms with van der Waals surface area (Å²) >= 11 is 0. The summed E-state index contributed by atoms with van der Waals surface area (Å²) in [6.45, 7) is 3.46. The molecule has 0 saturated heterocycles. The molecule has 0 aliphatic rings. The van der Waals surface area contributed by atoms with Gasteiger partial charge in [0.2, 0.25) is 0 Å². The van der Waals surface area contributed by atoms with Crippen LogP contribution in [0.1, 0.15) is 33.1 Å². The minimum absolute atomic E-state index is 0.0756. The van der Waals surface area contributed by atoms with Crippen LogP contribution in [0.25, 0.3) is 0 Å². The van der Waals surface area contributed by atoms with Gasteiger partial charge in [-0.3, -0.25) is 0 Å². The molecule has 0 spiro atoms. The number of alkyl halides is 3. The van der Waals surface area contributed by atoms with E-state index in [0.717, 1.165) is 0 Å². The van der Waals surface area contributed by atoms with E-state index in [-0.39, 0.29) is 25.3 Å². The third kappa shape index (κ3) is 10.2. The fourth-order valence-electron chi connectivity index (χ4n) is 1.39. The zero-order valence-corrected chi connectivity index (χ0v) is 10.9. The molecular weight excluding hydrogens is 265 g/mol. The van der Waals surface area contributed by atoms with Gasteiger partial charge in [0.1, 0.15) is 6.04 Å². The zero-order chi connectivity index (χ0) is 15.1. The number of aliphatic carboxylic acids is 1. The van der Waals surface area contributed by atoms with E-state index >= 15 is 0 Å². The summed E-state index contributed by atoms with van der Waals surface area (Å²) in [5, 5.41) is 13.3. The maximum absolute atomic E-state index is 11.8. The molecule has 0 aromatic heterocycles. The maximum Gasteiger partial charge on any atom is 0.389 e. The molecule has 0 aromatic rings. The largest absolute Gasteiger partial charge is 0.480 e. The van der Waals surface area contributed by atoms with Crippen molar-refractivity contribution in [3.8, 4) is 0 Å².